The zero-order chi connectivity index (χ0) is 6.85. The Morgan fingerprint density at radius 3 is 2.56 bits per heavy atom. The summed E-state index contributed by atoms with van der Waals surface area (Å²) in [5, 5.41) is 9.08. The van der Waals surface area contributed by atoms with E-state index in [9.17, 15) is 0 Å². The van der Waals surface area contributed by atoms with Gasteiger partial charge in [-0.25, -0.2) is 4.58 Å². The Labute approximate surface area is 55.8 Å². The Balaban J connectivity index is 2.45. The summed E-state index contributed by atoms with van der Waals surface area (Å²) in [6.07, 6.45) is 2.79. The smallest absolute Gasteiger partial charge is 0.169 e. The summed E-state index contributed by atoms with van der Waals surface area (Å²) in [6.45, 7) is 5.08. The average Bonchev–Trinajstić information content (AvgIpc) is 2.14. The molecule has 0 fully saturated rings. The molecule has 0 aromatic carbocycles. The molecule has 1 atom stereocenters. The van der Waals surface area contributed by atoms with Gasteiger partial charge in [0.25, 0.3) is 0 Å². The monoisotopic (exact) mass is 128 g/mol. The molecule has 2 nitrogen and oxygen atoms in total. The second-order valence-electron chi connectivity index (χ2n) is 2.86. The fourth-order valence-electron chi connectivity index (χ4n) is 1.07. The van der Waals surface area contributed by atoms with Gasteiger partial charge in [0.05, 0.1) is 6.42 Å². The number of aliphatic hydroxyl groups is 1. The first-order chi connectivity index (χ1) is 4.20. The molecule has 0 unspecified atom stereocenters. The molecule has 0 spiro atoms. The van der Waals surface area contributed by atoms with E-state index in [0.717, 1.165) is 13.0 Å². The Morgan fingerprint density at radius 2 is 2.33 bits per heavy atom. The van der Waals surface area contributed by atoms with Crippen LogP contribution in [0.5, 0.6) is 0 Å². The summed E-state index contributed by atoms with van der Waals surface area (Å²) in [7, 11) is 0. The summed E-state index contributed by atoms with van der Waals surface area (Å²) in [6, 6.07) is 0.544. The van der Waals surface area contributed by atoms with Crippen LogP contribution < -0.4 is 0 Å². The zero-order valence-electron chi connectivity index (χ0n) is 6.04. The summed E-state index contributed by atoms with van der Waals surface area (Å²) >= 11 is 0. The lowest BCUT2D eigenvalue weighted by Crippen LogP contribution is -2.22. The summed E-state index contributed by atoms with van der Waals surface area (Å²) in [5.41, 5.74) is 0. The Morgan fingerprint density at radius 1 is 1.67 bits per heavy atom. The van der Waals surface area contributed by atoms with Crippen LogP contribution in [0.2, 0.25) is 0 Å². The van der Waals surface area contributed by atoms with Crippen molar-refractivity contribution < 1.29 is 9.68 Å². The lowest BCUT2D eigenvalue weighted by atomic mass is 10.3. The molecule has 0 saturated heterocycles. The van der Waals surface area contributed by atoms with E-state index in [1.165, 1.54) is 0 Å². The minimum atomic E-state index is -0.118. The first-order valence-electron chi connectivity index (χ1n) is 3.47. The summed E-state index contributed by atoms with van der Waals surface area (Å²) < 4.78 is 2.17. The molecule has 0 aliphatic carbocycles. The van der Waals surface area contributed by atoms with Crippen LogP contribution >= 0.6 is 0 Å². The fraction of sp³-hybridized carbons (Fsp3) is 0.857. The molecule has 2 heteroatoms. The van der Waals surface area contributed by atoms with Crippen molar-refractivity contribution in [1.82, 2.24) is 0 Å². The van der Waals surface area contributed by atoms with E-state index in [2.05, 4.69) is 24.6 Å². The molecule has 1 N–H and O–H groups in total. The molecule has 0 aromatic rings. The first kappa shape index (κ1) is 6.75. The maximum absolute atomic E-state index is 9.08. The van der Waals surface area contributed by atoms with E-state index < -0.39 is 0 Å². The maximum Gasteiger partial charge on any atom is 0.169 e. The van der Waals surface area contributed by atoms with Gasteiger partial charge >= 0.3 is 0 Å². The molecule has 0 saturated carbocycles. The molecule has 1 rings (SSSR count). The first-order valence-corrected chi connectivity index (χ1v) is 3.47. The molecule has 1 aliphatic heterocycles. The molecule has 9 heavy (non-hydrogen) atoms. The van der Waals surface area contributed by atoms with Gasteiger partial charge < -0.3 is 5.11 Å². The van der Waals surface area contributed by atoms with Gasteiger partial charge in [-0.3, -0.25) is 0 Å². The van der Waals surface area contributed by atoms with Gasteiger partial charge in [0.15, 0.2) is 6.54 Å². The van der Waals surface area contributed by atoms with Gasteiger partial charge in [0.2, 0.25) is 0 Å². The van der Waals surface area contributed by atoms with E-state index in [-0.39, 0.29) is 6.10 Å². The van der Waals surface area contributed by atoms with E-state index >= 15 is 0 Å². The third-order valence-corrected chi connectivity index (χ3v) is 1.70. The quantitative estimate of drug-likeness (QED) is 0.502. The zero-order valence-corrected chi connectivity index (χ0v) is 6.04. The van der Waals surface area contributed by atoms with Gasteiger partial charge in [-0.05, 0) is 13.8 Å². The van der Waals surface area contributed by atoms with Gasteiger partial charge in [-0.1, -0.05) is 0 Å². The van der Waals surface area contributed by atoms with Crippen molar-refractivity contribution in [2.75, 3.05) is 6.54 Å². The molecule has 0 amide bonds. The van der Waals surface area contributed by atoms with Crippen molar-refractivity contribution in [3.8, 4) is 0 Å². The SMILES string of the molecule is CC(C)[N+]1=CC[C@@H](O)C1. The minimum absolute atomic E-state index is 0.118. The highest BCUT2D eigenvalue weighted by Gasteiger charge is 2.22. The molecule has 0 bridgehead atoms. The van der Waals surface area contributed by atoms with Crippen molar-refractivity contribution in [2.24, 2.45) is 0 Å². The third-order valence-electron chi connectivity index (χ3n) is 1.70. The predicted octanol–water partition coefficient (Wildman–Crippen LogP) is 0.243. The van der Waals surface area contributed by atoms with Gasteiger partial charge in [0, 0.05) is 0 Å². The highest BCUT2D eigenvalue weighted by molar-refractivity contribution is 5.53. The van der Waals surface area contributed by atoms with Crippen LogP contribution in [-0.2, 0) is 0 Å². The number of rotatable bonds is 1. The summed E-state index contributed by atoms with van der Waals surface area (Å²) in [5.74, 6) is 0. The molecule has 52 valence electrons. The lowest BCUT2D eigenvalue weighted by Gasteiger charge is -2.01. The van der Waals surface area contributed by atoms with Gasteiger partial charge in [-0.2, -0.15) is 0 Å². The van der Waals surface area contributed by atoms with Crippen molar-refractivity contribution >= 4 is 6.21 Å². The van der Waals surface area contributed by atoms with Crippen LogP contribution in [0.1, 0.15) is 20.3 Å². The van der Waals surface area contributed by atoms with E-state index in [0.29, 0.717) is 6.04 Å². The Hall–Kier alpha value is -0.370. The normalized spacial score (nSPS) is 27.1. The second kappa shape index (κ2) is 2.48. The van der Waals surface area contributed by atoms with E-state index in [4.69, 9.17) is 5.11 Å². The fourth-order valence-corrected chi connectivity index (χ4v) is 1.07. The number of hydrogen-bond acceptors (Lipinski definition) is 1. The van der Waals surface area contributed by atoms with E-state index in [1.807, 2.05) is 0 Å². The van der Waals surface area contributed by atoms with Crippen molar-refractivity contribution in [1.29, 1.82) is 0 Å². The van der Waals surface area contributed by atoms with E-state index in [1.54, 1.807) is 0 Å². The standard InChI is InChI=1S/C7H14NO/c1-6(2)8-4-3-7(9)5-8/h4,6-7,9H,3,5H2,1-2H3/q+1/t7-/m1/s1. The molecule has 0 aromatic heterocycles. The maximum atomic E-state index is 9.08. The highest BCUT2D eigenvalue weighted by Crippen LogP contribution is 2.01. The van der Waals surface area contributed by atoms with Crippen LogP contribution in [0.4, 0.5) is 0 Å². The van der Waals surface area contributed by atoms with Crippen molar-refractivity contribution in [2.45, 2.75) is 32.4 Å². The molecular weight excluding hydrogens is 114 g/mol. The molecule has 1 heterocycles. The molecular formula is C7H14NO+. The largest absolute Gasteiger partial charge is 0.386 e. The average molecular weight is 128 g/mol. The van der Waals surface area contributed by atoms with Gasteiger partial charge in [-0.15, -0.1) is 0 Å². The highest BCUT2D eigenvalue weighted by atomic mass is 16.3. The van der Waals surface area contributed by atoms with Crippen LogP contribution in [0.3, 0.4) is 0 Å². The second-order valence-corrected chi connectivity index (χ2v) is 2.86. The van der Waals surface area contributed by atoms with Crippen molar-refractivity contribution in [3.63, 3.8) is 0 Å². The Kier molecular flexibility index (Phi) is 1.86. The van der Waals surface area contributed by atoms with Crippen LogP contribution in [0.25, 0.3) is 0 Å². The minimum Gasteiger partial charge on any atom is -0.386 e. The van der Waals surface area contributed by atoms with Crippen LogP contribution in [0, 0.1) is 0 Å². The number of aliphatic hydroxyl groups excluding tert-OH is 1. The van der Waals surface area contributed by atoms with Gasteiger partial charge in [0.1, 0.15) is 18.4 Å². The van der Waals surface area contributed by atoms with Crippen LogP contribution in [-0.4, -0.2) is 34.6 Å². The Bertz CT molecular complexity index is 129. The van der Waals surface area contributed by atoms with Crippen LogP contribution in [0.15, 0.2) is 0 Å². The number of hydrogen-bond donors (Lipinski definition) is 1. The topological polar surface area (TPSA) is 23.2 Å². The number of nitrogens with zero attached hydrogens (tertiary/aromatic N) is 1. The third kappa shape index (κ3) is 1.52. The number of β-amino-alcohol motifs (C(OH)–C–C–N with tert-alkyl or cyclic N) is 1. The summed E-state index contributed by atoms with van der Waals surface area (Å²) in [4.78, 5) is 0. The lowest BCUT2D eigenvalue weighted by molar-refractivity contribution is -0.552. The molecule has 1 aliphatic rings. The molecule has 0 radical (unpaired) electrons. The van der Waals surface area contributed by atoms with Crippen molar-refractivity contribution in [3.05, 3.63) is 0 Å². The predicted molar refractivity (Wildman–Crippen MR) is 37.0 cm³/mol.